The van der Waals surface area contributed by atoms with Gasteiger partial charge in [-0.05, 0) is 37.2 Å². The number of carbonyl (C=O) groups excluding carboxylic acids is 2. The zero-order valence-electron chi connectivity index (χ0n) is 8.82. The quantitative estimate of drug-likeness (QED) is 0.751. The van der Waals surface area contributed by atoms with E-state index in [2.05, 4.69) is 10.2 Å². The summed E-state index contributed by atoms with van der Waals surface area (Å²) in [5, 5.41) is 2.55. The number of hydrogen-bond donors (Lipinski definition) is 1. The highest BCUT2D eigenvalue weighted by atomic mass is 16.2. The van der Waals surface area contributed by atoms with E-state index in [-0.39, 0.29) is 0 Å². The third kappa shape index (κ3) is 1.42. The first kappa shape index (κ1) is 9.54. The number of carbonyl (C=O) groups is 2. The molecule has 16 heavy (non-hydrogen) atoms. The second kappa shape index (κ2) is 3.42. The molecule has 2 aliphatic heterocycles. The van der Waals surface area contributed by atoms with Crippen LogP contribution in [0.4, 0.5) is 5.69 Å². The normalized spacial score (nSPS) is 19.2. The van der Waals surface area contributed by atoms with Gasteiger partial charge in [0.25, 0.3) is 11.7 Å². The summed E-state index contributed by atoms with van der Waals surface area (Å²) in [6, 6.07) is 5.61. The molecule has 0 aromatic heterocycles. The molecule has 1 aromatic rings. The van der Waals surface area contributed by atoms with Crippen molar-refractivity contribution in [3.63, 3.8) is 0 Å². The monoisotopic (exact) mass is 216 g/mol. The first-order chi connectivity index (χ1) is 7.74. The lowest BCUT2D eigenvalue weighted by Crippen LogP contribution is -2.36. The van der Waals surface area contributed by atoms with Crippen molar-refractivity contribution in [1.29, 1.82) is 0 Å². The zero-order chi connectivity index (χ0) is 11.1. The molecule has 2 heterocycles. The molecule has 2 aliphatic rings. The molecule has 82 valence electrons. The number of nitrogens with one attached hydrogen (secondary N) is 1. The fourth-order valence-corrected chi connectivity index (χ4v) is 2.09. The maximum absolute atomic E-state index is 11.5. The van der Waals surface area contributed by atoms with E-state index in [0.717, 1.165) is 25.2 Å². The molecule has 0 atom stereocenters. The maximum Gasteiger partial charge on any atom is 0.296 e. The molecule has 0 radical (unpaired) electrons. The molecule has 1 N–H and O–H groups in total. The summed E-state index contributed by atoms with van der Waals surface area (Å²) in [5.74, 6) is -0.934. The average molecular weight is 216 g/mol. The zero-order valence-corrected chi connectivity index (χ0v) is 8.82. The van der Waals surface area contributed by atoms with E-state index in [0.29, 0.717) is 11.3 Å². The fourth-order valence-electron chi connectivity index (χ4n) is 2.09. The Morgan fingerprint density at radius 3 is 2.75 bits per heavy atom. The average Bonchev–Trinajstić information content (AvgIpc) is 2.50. The highest BCUT2D eigenvalue weighted by molar-refractivity contribution is 6.51. The van der Waals surface area contributed by atoms with E-state index in [1.54, 1.807) is 0 Å². The molecule has 0 spiro atoms. The van der Waals surface area contributed by atoms with Crippen LogP contribution < -0.4 is 5.32 Å². The minimum absolute atomic E-state index is 0.416. The number of fused-ring (bicyclic) bond motifs is 1. The second-order valence-electron chi connectivity index (χ2n) is 4.29. The van der Waals surface area contributed by atoms with Gasteiger partial charge in [-0.15, -0.1) is 0 Å². The van der Waals surface area contributed by atoms with Gasteiger partial charge in [-0.25, -0.2) is 0 Å². The molecule has 4 nitrogen and oxygen atoms in total. The molecule has 4 heteroatoms. The van der Waals surface area contributed by atoms with Gasteiger partial charge in [0, 0.05) is 6.54 Å². The Morgan fingerprint density at radius 1 is 1.25 bits per heavy atom. The van der Waals surface area contributed by atoms with Crippen LogP contribution in [0.5, 0.6) is 0 Å². The topological polar surface area (TPSA) is 49.4 Å². The highest BCUT2D eigenvalue weighted by Crippen LogP contribution is 2.25. The van der Waals surface area contributed by atoms with Crippen LogP contribution in [0.15, 0.2) is 18.2 Å². The Hall–Kier alpha value is -1.68. The van der Waals surface area contributed by atoms with Gasteiger partial charge in [0.15, 0.2) is 0 Å². The molecule has 0 saturated carbocycles. The molecule has 0 bridgehead atoms. The third-order valence-corrected chi connectivity index (χ3v) is 3.14. The summed E-state index contributed by atoms with van der Waals surface area (Å²) in [6.45, 7) is 3.12. The lowest BCUT2D eigenvalue weighted by Gasteiger charge is -2.30. The number of benzene rings is 1. The number of ketones is 1. The van der Waals surface area contributed by atoms with E-state index >= 15 is 0 Å². The van der Waals surface area contributed by atoms with Gasteiger partial charge in [0.05, 0.1) is 11.3 Å². The van der Waals surface area contributed by atoms with Crippen LogP contribution in [-0.4, -0.2) is 29.7 Å². The van der Waals surface area contributed by atoms with Crippen molar-refractivity contribution < 1.29 is 9.59 Å². The summed E-state index contributed by atoms with van der Waals surface area (Å²) in [6.07, 6.45) is 1.25. The molecule has 3 rings (SSSR count). The summed E-state index contributed by atoms with van der Waals surface area (Å²) < 4.78 is 0. The van der Waals surface area contributed by atoms with Gasteiger partial charge < -0.3 is 5.32 Å². The number of nitrogens with zero attached hydrogens (tertiary/aromatic N) is 1. The van der Waals surface area contributed by atoms with Crippen molar-refractivity contribution >= 4 is 17.4 Å². The Bertz CT molecular complexity index is 478. The van der Waals surface area contributed by atoms with Crippen LogP contribution >= 0.6 is 0 Å². The van der Waals surface area contributed by atoms with Crippen LogP contribution in [0.2, 0.25) is 0 Å². The van der Waals surface area contributed by atoms with E-state index in [4.69, 9.17) is 0 Å². The Kier molecular flexibility index (Phi) is 2.04. The minimum Gasteiger partial charge on any atom is -0.318 e. The number of rotatable bonds is 2. The minimum atomic E-state index is -0.517. The highest BCUT2D eigenvalue weighted by Gasteiger charge is 2.28. The van der Waals surface area contributed by atoms with Crippen LogP contribution in [0, 0.1) is 0 Å². The second-order valence-corrected chi connectivity index (χ2v) is 4.29. The van der Waals surface area contributed by atoms with Gasteiger partial charge >= 0.3 is 0 Å². The smallest absolute Gasteiger partial charge is 0.296 e. The van der Waals surface area contributed by atoms with Gasteiger partial charge in [0.2, 0.25) is 0 Å². The van der Waals surface area contributed by atoms with E-state index < -0.39 is 11.7 Å². The number of hydrogen-bond acceptors (Lipinski definition) is 3. The number of amides is 1. The van der Waals surface area contributed by atoms with Crippen molar-refractivity contribution in [2.45, 2.75) is 13.0 Å². The van der Waals surface area contributed by atoms with Gasteiger partial charge in [-0.2, -0.15) is 0 Å². The Labute approximate surface area is 93.2 Å². The maximum atomic E-state index is 11.5. The Morgan fingerprint density at radius 2 is 2.06 bits per heavy atom. The first-order valence-electron chi connectivity index (χ1n) is 5.45. The lowest BCUT2D eigenvalue weighted by atomic mass is 10.1. The van der Waals surface area contributed by atoms with Gasteiger partial charge in [0.1, 0.15) is 0 Å². The van der Waals surface area contributed by atoms with Crippen molar-refractivity contribution in [1.82, 2.24) is 4.90 Å². The molecule has 0 unspecified atom stereocenters. The van der Waals surface area contributed by atoms with Crippen molar-refractivity contribution in [3.05, 3.63) is 29.3 Å². The van der Waals surface area contributed by atoms with Gasteiger partial charge in [-0.3, -0.25) is 14.5 Å². The SMILES string of the molecule is O=C1Nc2ccc(CN3CCC3)cc2C1=O. The number of anilines is 1. The van der Waals surface area contributed by atoms with Crippen molar-refractivity contribution in [2.75, 3.05) is 18.4 Å². The summed E-state index contributed by atoms with van der Waals surface area (Å²) in [7, 11) is 0. The lowest BCUT2D eigenvalue weighted by molar-refractivity contribution is -0.112. The van der Waals surface area contributed by atoms with E-state index in [9.17, 15) is 9.59 Å². The van der Waals surface area contributed by atoms with Crippen molar-refractivity contribution in [2.24, 2.45) is 0 Å². The van der Waals surface area contributed by atoms with Crippen LogP contribution in [0.3, 0.4) is 0 Å². The molecule has 1 saturated heterocycles. The summed E-state index contributed by atoms with van der Waals surface area (Å²) >= 11 is 0. The first-order valence-corrected chi connectivity index (χ1v) is 5.45. The molecule has 1 amide bonds. The third-order valence-electron chi connectivity index (χ3n) is 3.14. The van der Waals surface area contributed by atoms with Gasteiger partial charge in [-0.1, -0.05) is 6.07 Å². The van der Waals surface area contributed by atoms with E-state index in [1.165, 1.54) is 6.42 Å². The van der Waals surface area contributed by atoms with Crippen molar-refractivity contribution in [3.8, 4) is 0 Å². The molecule has 1 fully saturated rings. The summed E-state index contributed by atoms with van der Waals surface area (Å²) in [5.41, 5.74) is 2.26. The molecule has 0 aliphatic carbocycles. The molecule has 1 aromatic carbocycles. The van der Waals surface area contributed by atoms with Crippen LogP contribution in [0.25, 0.3) is 0 Å². The number of likely N-dealkylation sites (tertiary alicyclic amines) is 1. The fraction of sp³-hybridized carbons (Fsp3) is 0.333. The predicted octanol–water partition coefficient (Wildman–Crippen LogP) is 1.03. The molecular formula is C12H12N2O2. The summed E-state index contributed by atoms with van der Waals surface area (Å²) in [4.78, 5) is 25.0. The predicted molar refractivity (Wildman–Crippen MR) is 59.3 cm³/mol. The largest absolute Gasteiger partial charge is 0.318 e. The number of Topliss-reactive ketones (excluding diaryl/α,β-unsaturated/α-hetero) is 1. The Balaban J connectivity index is 1.87. The van der Waals surface area contributed by atoms with E-state index in [1.807, 2.05) is 18.2 Å². The van der Waals surface area contributed by atoms with Crippen LogP contribution in [0.1, 0.15) is 22.3 Å². The van der Waals surface area contributed by atoms with Crippen LogP contribution in [-0.2, 0) is 11.3 Å². The standard InChI is InChI=1S/C12H12N2O2/c15-11-9-6-8(7-14-4-1-5-14)2-3-10(9)13-12(11)16/h2-3,6H,1,4-5,7H2,(H,13,15,16). The molecular weight excluding hydrogens is 204 g/mol.